The molecule has 1 saturated heterocycles. The molecule has 3 aromatic heterocycles. The maximum atomic E-state index is 6.05. The van der Waals surface area contributed by atoms with E-state index in [9.17, 15) is 0 Å². The van der Waals surface area contributed by atoms with Crippen molar-refractivity contribution in [1.29, 1.82) is 0 Å². The predicted molar refractivity (Wildman–Crippen MR) is 121 cm³/mol. The highest BCUT2D eigenvalue weighted by Crippen LogP contribution is 2.26. The maximum Gasteiger partial charge on any atom is 0.179 e. The van der Waals surface area contributed by atoms with Crippen LogP contribution in [0.3, 0.4) is 0 Å². The lowest BCUT2D eigenvalue weighted by molar-refractivity contribution is 0.223. The van der Waals surface area contributed by atoms with Crippen LogP contribution in [0.5, 0.6) is 5.75 Å². The number of thiophene rings is 1. The van der Waals surface area contributed by atoms with E-state index in [2.05, 4.69) is 36.0 Å². The molecule has 2 unspecified atom stereocenters. The van der Waals surface area contributed by atoms with Gasteiger partial charge in [-0.25, -0.2) is 9.97 Å². The van der Waals surface area contributed by atoms with E-state index in [1.165, 1.54) is 10.1 Å². The Kier molecular flexibility index (Phi) is 5.81. The summed E-state index contributed by atoms with van der Waals surface area (Å²) < 4.78 is 7.22. The van der Waals surface area contributed by atoms with Gasteiger partial charge in [0.25, 0.3) is 0 Å². The number of nitrogens with one attached hydrogen (secondary N) is 1. The van der Waals surface area contributed by atoms with Crippen molar-refractivity contribution in [3.8, 4) is 17.3 Å². The van der Waals surface area contributed by atoms with Gasteiger partial charge < -0.3 is 10.1 Å². The summed E-state index contributed by atoms with van der Waals surface area (Å²) in [7, 11) is 2.71. The Morgan fingerprint density at radius 2 is 2.07 bits per heavy atom. The van der Waals surface area contributed by atoms with Crippen molar-refractivity contribution in [3.63, 3.8) is 0 Å². The third-order valence-electron chi connectivity index (χ3n) is 4.58. The highest BCUT2D eigenvalue weighted by Gasteiger charge is 2.16. The Morgan fingerprint density at radius 1 is 1.18 bits per heavy atom. The van der Waals surface area contributed by atoms with Crippen molar-refractivity contribution in [2.75, 3.05) is 13.1 Å². The van der Waals surface area contributed by atoms with Crippen molar-refractivity contribution in [2.45, 2.75) is 26.4 Å². The third-order valence-corrected chi connectivity index (χ3v) is 5.89. The van der Waals surface area contributed by atoms with Crippen LogP contribution in [-0.2, 0) is 0 Å². The number of rotatable bonds is 3. The molecule has 7 heteroatoms. The first-order chi connectivity index (χ1) is 13.8. The first kappa shape index (κ1) is 19.2. The van der Waals surface area contributed by atoms with Gasteiger partial charge >= 0.3 is 0 Å². The summed E-state index contributed by atoms with van der Waals surface area (Å²) >= 11 is 1.69. The molecule has 0 bridgehead atoms. The van der Waals surface area contributed by atoms with Gasteiger partial charge in [0.1, 0.15) is 17.5 Å². The molecule has 144 valence electrons. The van der Waals surface area contributed by atoms with Gasteiger partial charge in [-0.3, -0.25) is 4.98 Å². The zero-order valence-corrected chi connectivity index (χ0v) is 17.9. The molecule has 0 radical (unpaired) electrons. The fourth-order valence-electron chi connectivity index (χ4n) is 3.23. The van der Waals surface area contributed by atoms with Crippen molar-refractivity contribution < 1.29 is 4.74 Å². The Hall–Kier alpha value is -2.14. The standard InChI is InChI=1S/C19H17N4OPS.C2H6/c25-19-14-8-12(24-13-3-5-20-9-13)1-2-15(14)22-18(23-19)16-7-11-4-6-26-17(11)10-21-16;1-2/h1-2,4,6-8,10,13,20H,3,5,9,25H2;1-2H3. The fraction of sp³-hybridized carbons (Fsp3) is 0.286. The number of hydrogen-bond acceptors (Lipinski definition) is 6. The lowest BCUT2D eigenvalue weighted by Crippen LogP contribution is -2.19. The lowest BCUT2D eigenvalue weighted by atomic mass is 10.2. The van der Waals surface area contributed by atoms with Crippen LogP contribution in [-0.4, -0.2) is 34.1 Å². The molecule has 4 heterocycles. The van der Waals surface area contributed by atoms with Crippen LogP contribution in [0.2, 0.25) is 0 Å². The highest BCUT2D eigenvalue weighted by molar-refractivity contribution is 7.27. The van der Waals surface area contributed by atoms with Crippen molar-refractivity contribution in [1.82, 2.24) is 20.3 Å². The van der Waals surface area contributed by atoms with Gasteiger partial charge in [-0.1, -0.05) is 23.1 Å². The lowest BCUT2D eigenvalue weighted by Gasteiger charge is -2.13. The zero-order chi connectivity index (χ0) is 19.5. The summed E-state index contributed by atoms with van der Waals surface area (Å²) in [6.07, 6.45) is 3.16. The second-order valence-corrected chi connectivity index (χ2v) is 7.87. The first-order valence-corrected chi connectivity index (χ1v) is 11.0. The monoisotopic (exact) mass is 410 g/mol. The highest BCUT2D eigenvalue weighted by atomic mass is 32.1. The van der Waals surface area contributed by atoms with Crippen LogP contribution >= 0.6 is 20.6 Å². The molecule has 1 N–H and O–H groups in total. The van der Waals surface area contributed by atoms with E-state index in [0.717, 1.165) is 47.3 Å². The molecule has 2 atom stereocenters. The van der Waals surface area contributed by atoms with Gasteiger partial charge in [0.15, 0.2) is 5.82 Å². The summed E-state index contributed by atoms with van der Waals surface area (Å²) in [6, 6.07) is 10.1. The predicted octanol–water partition coefficient (Wildman–Crippen LogP) is 4.17. The van der Waals surface area contributed by atoms with Crippen LogP contribution in [0.25, 0.3) is 32.5 Å². The summed E-state index contributed by atoms with van der Waals surface area (Å²) in [5.74, 6) is 1.51. The largest absolute Gasteiger partial charge is 0.489 e. The number of ether oxygens (including phenoxy) is 1. The number of nitrogens with zero attached hydrogens (tertiary/aromatic N) is 3. The van der Waals surface area contributed by atoms with Crippen LogP contribution < -0.4 is 15.5 Å². The molecule has 0 amide bonds. The Bertz CT molecular complexity index is 1110. The van der Waals surface area contributed by atoms with E-state index in [4.69, 9.17) is 9.72 Å². The first-order valence-electron chi connectivity index (χ1n) is 9.54. The fourth-order valence-corrected chi connectivity index (χ4v) is 4.32. The van der Waals surface area contributed by atoms with E-state index < -0.39 is 0 Å². The normalized spacial score (nSPS) is 16.2. The van der Waals surface area contributed by atoms with Crippen LogP contribution in [0.15, 0.2) is 41.9 Å². The molecule has 1 aliphatic heterocycles. The molecular formula is C21H23N4OPS. The van der Waals surface area contributed by atoms with Crippen molar-refractivity contribution in [3.05, 3.63) is 41.9 Å². The number of benzene rings is 1. The second-order valence-electron chi connectivity index (χ2n) is 6.37. The quantitative estimate of drug-likeness (QED) is 0.514. The van der Waals surface area contributed by atoms with Gasteiger partial charge in [-0.05, 0) is 54.1 Å². The molecule has 28 heavy (non-hydrogen) atoms. The number of aromatic nitrogens is 3. The zero-order valence-electron chi connectivity index (χ0n) is 16.0. The molecule has 0 spiro atoms. The van der Waals surface area contributed by atoms with E-state index in [1.807, 2.05) is 44.3 Å². The summed E-state index contributed by atoms with van der Waals surface area (Å²) in [5.41, 5.74) is 2.54. The SMILES string of the molecule is CC.Pc1nc(-c2cc3ccsc3cn2)nc2ccc(OC3CCNC3)cc12. The van der Waals surface area contributed by atoms with Gasteiger partial charge in [0.2, 0.25) is 0 Å². The van der Waals surface area contributed by atoms with Gasteiger partial charge in [0, 0.05) is 18.1 Å². The third kappa shape index (κ3) is 3.86. The molecule has 1 aliphatic rings. The smallest absolute Gasteiger partial charge is 0.179 e. The minimum atomic E-state index is 0.238. The molecule has 5 rings (SSSR count). The molecule has 1 fully saturated rings. The van der Waals surface area contributed by atoms with Gasteiger partial charge in [-0.2, -0.15) is 0 Å². The van der Waals surface area contributed by atoms with E-state index in [0.29, 0.717) is 5.82 Å². The van der Waals surface area contributed by atoms with E-state index in [-0.39, 0.29) is 6.10 Å². The van der Waals surface area contributed by atoms with Crippen molar-refractivity contribution in [2.24, 2.45) is 0 Å². The number of pyridine rings is 1. The van der Waals surface area contributed by atoms with Crippen LogP contribution in [0.4, 0.5) is 0 Å². The van der Waals surface area contributed by atoms with Crippen LogP contribution in [0.1, 0.15) is 20.3 Å². The molecule has 1 aromatic carbocycles. The summed E-state index contributed by atoms with van der Waals surface area (Å²) in [6.45, 7) is 5.92. The molecule has 4 aromatic rings. The minimum absolute atomic E-state index is 0.238. The molecule has 0 aliphatic carbocycles. The molecular weight excluding hydrogens is 387 g/mol. The Balaban J connectivity index is 0.000000932. The summed E-state index contributed by atoms with van der Waals surface area (Å²) in [4.78, 5) is 13.9. The number of hydrogen-bond donors (Lipinski definition) is 1. The van der Waals surface area contributed by atoms with Crippen LogP contribution in [0, 0.1) is 0 Å². The second kappa shape index (κ2) is 8.48. The Labute approximate surface area is 170 Å². The molecule has 5 nitrogen and oxygen atoms in total. The van der Waals surface area contributed by atoms with Crippen molar-refractivity contribution >= 4 is 47.0 Å². The topological polar surface area (TPSA) is 59.9 Å². The van der Waals surface area contributed by atoms with Gasteiger partial charge in [-0.15, -0.1) is 11.3 Å². The summed E-state index contributed by atoms with van der Waals surface area (Å²) in [5, 5.41) is 7.54. The average Bonchev–Trinajstić information content (AvgIpc) is 3.41. The maximum absolute atomic E-state index is 6.05. The number of fused-ring (bicyclic) bond motifs is 2. The van der Waals surface area contributed by atoms with Gasteiger partial charge in [0.05, 0.1) is 15.7 Å². The Morgan fingerprint density at radius 3 is 2.89 bits per heavy atom. The average molecular weight is 410 g/mol. The minimum Gasteiger partial charge on any atom is -0.489 e. The van der Waals surface area contributed by atoms with E-state index >= 15 is 0 Å². The van der Waals surface area contributed by atoms with E-state index in [1.54, 1.807) is 11.3 Å². The molecule has 0 saturated carbocycles.